The SMILES string of the molecule is Cc1c(/C=C(/C#N)c2cccs2)sc2sc(-c3sc(-c4cccc5ccccc45)c4ccccc34)c(C)c12. The Kier molecular flexibility index (Phi) is 5.79. The van der Waals surface area contributed by atoms with Gasteiger partial charge in [0.05, 0.1) is 14.5 Å². The number of allylic oxidation sites excluding steroid dienone is 1. The Labute approximate surface area is 237 Å². The van der Waals surface area contributed by atoms with E-state index < -0.39 is 0 Å². The average Bonchev–Trinajstić information content (AvgIpc) is 3.73. The molecule has 0 amide bonds. The molecule has 7 rings (SSSR count). The van der Waals surface area contributed by atoms with Gasteiger partial charge < -0.3 is 0 Å². The molecule has 0 saturated carbocycles. The van der Waals surface area contributed by atoms with Gasteiger partial charge in [-0.25, -0.2) is 0 Å². The van der Waals surface area contributed by atoms with Crippen molar-refractivity contribution in [2.24, 2.45) is 0 Å². The van der Waals surface area contributed by atoms with E-state index in [1.165, 1.54) is 67.1 Å². The van der Waals surface area contributed by atoms with E-state index in [0.29, 0.717) is 0 Å². The molecule has 0 aliphatic rings. The third-order valence-electron chi connectivity index (χ3n) is 7.11. The standard InChI is InChI=1S/C33H21NS4/c1-19-28(17-22(18-34)27-15-8-16-35-27)36-33-29(19)20(2)30(38-33)32-26-13-6-5-12-25(26)31(37-32)24-14-7-10-21-9-3-4-11-23(21)24/h3-17H,1-2H3/b22-17-. The second-order valence-electron chi connectivity index (χ2n) is 9.29. The number of rotatable bonds is 4. The van der Waals surface area contributed by atoms with Crippen molar-refractivity contribution in [1.29, 1.82) is 5.26 Å². The highest BCUT2D eigenvalue weighted by Crippen LogP contribution is 2.52. The summed E-state index contributed by atoms with van der Waals surface area (Å²) in [5.41, 5.74) is 4.64. The summed E-state index contributed by atoms with van der Waals surface area (Å²) in [6.45, 7) is 4.46. The van der Waals surface area contributed by atoms with Crippen LogP contribution in [0.2, 0.25) is 0 Å². The molecule has 0 spiro atoms. The summed E-state index contributed by atoms with van der Waals surface area (Å²) in [6, 6.07) is 30.5. The highest BCUT2D eigenvalue weighted by molar-refractivity contribution is 7.41. The molecule has 0 radical (unpaired) electrons. The van der Waals surface area contributed by atoms with Crippen LogP contribution in [0.5, 0.6) is 0 Å². The lowest BCUT2D eigenvalue weighted by Gasteiger charge is -2.05. The minimum atomic E-state index is 0.735. The average molecular weight is 560 g/mol. The fourth-order valence-corrected chi connectivity index (χ4v) is 10.3. The maximum atomic E-state index is 9.78. The number of nitrogens with zero attached hydrogens (tertiary/aromatic N) is 1. The van der Waals surface area contributed by atoms with Gasteiger partial charge in [0, 0.05) is 41.2 Å². The number of fused-ring (bicyclic) bond motifs is 3. The molecule has 0 bridgehead atoms. The van der Waals surface area contributed by atoms with Crippen molar-refractivity contribution in [2.75, 3.05) is 0 Å². The van der Waals surface area contributed by atoms with Crippen LogP contribution in [0.15, 0.2) is 84.2 Å². The van der Waals surface area contributed by atoms with Crippen molar-refractivity contribution in [1.82, 2.24) is 0 Å². The van der Waals surface area contributed by atoms with E-state index in [9.17, 15) is 5.26 Å². The van der Waals surface area contributed by atoms with Gasteiger partial charge >= 0.3 is 0 Å². The number of nitriles is 1. The molecule has 4 aromatic heterocycles. The van der Waals surface area contributed by atoms with Crippen LogP contribution in [0.1, 0.15) is 20.9 Å². The Balaban J connectivity index is 1.41. The fourth-order valence-electron chi connectivity index (χ4n) is 5.25. The molecule has 38 heavy (non-hydrogen) atoms. The van der Waals surface area contributed by atoms with Crippen molar-refractivity contribution in [3.63, 3.8) is 0 Å². The molecular formula is C33H21NS4. The molecule has 5 heteroatoms. The topological polar surface area (TPSA) is 23.8 Å². The number of thiophene rings is 4. The molecule has 182 valence electrons. The Morgan fingerprint density at radius 3 is 2.18 bits per heavy atom. The van der Waals surface area contributed by atoms with Crippen LogP contribution in [0, 0.1) is 25.2 Å². The van der Waals surface area contributed by atoms with Crippen LogP contribution >= 0.6 is 45.3 Å². The molecule has 4 heterocycles. The van der Waals surface area contributed by atoms with Gasteiger partial charge in [0.25, 0.3) is 0 Å². The largest absolute Gasteiger partial charge is 0.192 e. The zero-order chi connectivity index (χ0) is 25.8. The Morgan fingerprint density at radius 2 is 1.45 bits per heavy atom. The van der Waals surface area contributed by atoms with Crippen LogP contribution < -0.4 is 0 Å². The zero-order valence-corrected chi connectivity index (χ0v) is 24.0. The van der Waals surface area contributed by atoms with E-state index in [1.807, 2.05) is 40.2 Å². The van der Waals surface area contributed by atoms with Gasteiger partial charge in [0.2, 0.25) is 0 Å². The molecular weight excluding hydrogens is 539 g/mol. The van der Waals surface area contributed by atoms with Crippen LogP contribution in [0.3, 0.4) is 0 Å². The predicted octanol–water partition coefficient (Wildman–Crippen LogP) is 11.4. The molecule has 0 atom stereocenters. The highest BCUT2D eigenvalue weighted by atomic mass is 32.2. The summed E-state index contributed by atoms with van der Waals surface area (Å²) in [7, 11) is 0. The smallest absolute Gasteiger partial charge is 0.101 e. The van der Waals surface area contributed by atoms with Gasteiger partial charge in [-0.05, 0) is 53.3 Å². The number of aryl methyl sites for hydroxylation is 2. The minimum absolute atomic E-state index is 0.735. The number of hydrogen-bond acceptors (Lipinski definition) is 5. The molecule has 0 N–H and O–H groups in total. The Bertz CT molecular complexity index is 2050. The van der Waals surface area contributed by atoms with E-state index in [1.54, 1.807) is 22.7 Å². The summed E-state index contributed by atoms with van der Waals surface area (Å²) < 4.78 is 1.33. The summed E-state index contributed by atoms with van der Waals surface area (Å²) in [5.74, 6) is 0. The maximum absolute atomic E-state index is 9.78. The lowest BCUT2D eigenvalue weighted by Crippen LogP contribution is -1.79. The number of hydrogen-bond donors (Lipinski definition) is 0. The third kappa shape index (κ3) is 3.68. The second kappa shape index (κ2) is 9.34. The van der Waals surface area contributed by atoms with Crippen molar-refractivity contribution < 1.29 is 0 Å². The van der Waals surface area contributed by atoms with E-state index >= 15 is 0 Å². The third-order valence-corrected chi connectivity index (χ3v) is 12.0. The second-order valence-corrected chi connectivity index (χ2v) is 13.6. The monoisotopic (exact) mass is 559 g/mol. The Morgan fingerprint density at radius 1 is 0.711 bits per heavy atom. The van der Waals surface area contributed by atoms with E-state index in [0.717, 1.165) is 10.5 Å². The normalized spacial score (nSPS) is 12.1. The van der Waals surface area contributed by atoms with Crippen molar-refractivity contribution in [3.8, 4) is 26.3 Å². The van der Waals surface area contributed by atoms with Crippen molar-refractivity contribution in [3.05, 3.63) is 105 Å². The van der Waals surface area contributed by atoms with Crippen molar-refractivity contribution in [2.45, 2.75) is 13.8 Å². The van der Waals surface area contributed by atoms with E-state index in [-0.39, 0.29) is 0 Å². The first-order valence-corrected chi connectivity index (χ1v) is 15.6. The van der Waals surface area contributed by atoms with Gasteiger partial charge in [0.15, 0.2) is 0 Å². The maximum Gasteiger partial charge on any atom is 0.101 e. The van der Waals surface area contributed by atoms with Crippen LogP contribution in [-0.2, 0) is 0 Å². The van der Waals surface area contributed by atoms with Gasteiger partial charge in [-0.3, -0.25) is 0 Å². The summed E-state index contributed by atoms with van der Waals surface area (Å²) in [4.78, 5) is 6.24. The van der Waals surface area contributed by atoms with E-state index in [4.69, 9.17) is 0 Å². The summed E-state index contributed by atoms with van der Waals surface area (Å²) in [6.07, 6.45) is 2.07. The molecule has 0 saturated heterocycles. The van der Waals surface area contributed by atoms with Gasteiger partial charge in [0.1, 0.15) is 6.07 Å². The quantitative estimate of drug-likeness (QED) is 0.197. The van der Waals surface area contributed by atoms with Crippen LogP contribution in [0.4, 0.5) is 0 Å². The van der Waals surface area contributed by atoms with Crippen molar-refractivity contribution >= 4 is 87.9 Å². The zero-order valence-electron chi connectivity index (χ0n) is 20.7. The minimum Gasteiger partial charge on any atom is -0.192 e. The summed E-state index contributed by atoms with van der Waals surface area (Å²) >= 11 is 7.22. The van der Waals surface area contributed by atoms with Gasteiger partial charge in [-0.2, -0.15) is 5.26 Å². The van der Waals surface area contributed by atoms with E-state index in [2.05, 4.69) is 92.7 Å². The van der Waals surface area contributed by atoms with Crippen LogP contribution in [0.25, 0.3) is 62.8 Å². The predicted molar refractivity (Wildman–Crippen MR) is 171 cm³/mol. The molecule has 0 aliphatic heterocycles. The number of benzene rings is 3. The van der Waals surface area contributed by atoms with Gasteiger partial charge in [-0.15, -0.1) is 45.3 Å². The molecule has 0 fully saturated rings. The lowest BCUT2D eigenvalue weighted by atomic mass is 10.0. The Hall–Kier alpha value is -3.53. The highest BCUT2D eigenvalue weighted by Gasteiger charge is 2.22. The molecule has 7 aromatic rings. The molecule has 3 aromatic carbocycles. The molecule has 1 nitrogen and oxygen atoms in total. The first-order valence-electron chi connectivity index (χ1n) is 12.3. The lowest BCUT2D eigenvalue weighted by molar-refractivity contribution is 1.52. The summed E-state index contributed by atoms with van der Waals surface area (Å²) in [5, 5.41) is 18.3. The first-order chi connectivity index (χ1) is 18.6. The van der Waals surface area contributed by atoms with Gasteiger partial charge in [-0.1, -0.05) is 72.8 Å². The fraction of sp³-hybridized carbons (Fsp3) is 0.0606. The van der Waals surface area contributed by atoms with Crippen LogP contribution in [-0.4, -0.2) is 0 Å². The molecule has 0 unspecified atom stereocenters. The molecule has 0 aliphatic carbocycles. The first kappa shape index (κ1) is 23.6.